The second kappa shape index (κ2) is 10.3. The van der Waals surface area contributed by atoms with Crippen LogP contribution in [0.3, 0.4) is 0 Å². The molecule has 0 N–H and O–H groups in total. The molecule has 0 aliphatic heterocycles. The number of rotatable bonds is 3. The van der Waals surface area contributed by atoms with Crippen molar-refractivity contribution in [2.24, 2.45) is 0 Å². The molecule has 0 amide bonds. The van der Waals surface area contributed by atoms with Crippen molar-refractivity contribution in [3.8, 4) is 34.0 Å². The maximum Gasteiger partial charge on any atom is 0.236 e. The average Bonchev–Trinajstić information content (AvgIpc) is 3.98. The van der Waals surface area contributed by atoms with Crippen LogP contribution >= 0.6 is 11.3 Å². The summed E-state index contributed by atoms with van der Waals surface area (Å²) in [5.74, 6) is 0.658. The van der Waals surface area contributed by atoms with Gasteiger partial charge in [-0.3, -0.25) is 4.57 Å². The van der Waals surface area contributed by atoms with E-state index in [9.17, 15) is 0 Å². The van der Waals surface area contributed by atoms with Crippen LogP contribution in [0.15, 0.2) is 162 Å². The van der Waals surface area contributed by atoms with Gasteiger partial charge >= 0.3 is 0 Å². The minimum absolute atomic E-state index is 0.658. The number of benzene rings is 8. The van der Waals surface area contributed by atoms with Gasteiger partial charge in [0.05, 0.1) is 27.8 Å². The SMILES string of the molecule is c1ccc(-n2c3ccccc3c3ccc(-c4nc(-n5c6cccc7c6c6c8c(ccc65)oc5ccc6cccc-7c6c58)nc5sc6ccccc6c45)cc32)cc1. The van der Waals surface area contributed by atoms with Gasteiger partial charge in [0.1, 0.15) is 16.0 Å². The van der Waals surface area contributed by atoms with Crippen molar-refractivity contribution in [3.05, 3.63) is 158 Å². The summed E-state index contributed by atoms with van der Waals surface area (Å²) in [5, 5.41) is 11.9. The Labute approximate surface area is 321 Å². The summed E-state index contributed by atoms with van der Waals surface area (Å²) in [6.45, 7) is 0. The van der Waals surface area contributed by atoms with E-state index in [1.807, 2.05) is 0 Å². The van der Waals surface area contributed by atoms with Crippen LogP contribution in [0.5, 0.6) is 0 Å². The standard InChI is InChI=1S/C50H26N4OS/c1-2-11-29(12-3-1)53-35-17-6-4-13-30(35)31-22-20-28(26-38(31)53)48-44-34-14-5-7-19-41(34)56-49(44)52-50(51-48)54-36-18-9-16-33-32-15-8-10-27-21-24-39-46(42(27)32)47-40(55-39)25-23-37(54)45(47)43(33)36/h1-26H. The molecule has 258 valence electrons. The van der Waals surface area contributed by atoms with Crippen molar-refractivity contribution in [3.63, 3.8) is 0 Å². The molecule has 5 heterocycles. The van der Waals surface area contributed by atoms with Gasteiger partial charge in [-0.15, -0.1) is 11.3 Å². The highest BCUT2D eigenvalue weighted by Gasteiger charge is 2.28. The number of hydrogen-bond donors (Lipinski definition) is 0. The Morgan fingerprint density at radius 2 is 1.16 bits per heavy atom. The molecule has 1 aliphatic carbocycles. The minimum Gasteiger partial charge on any atom is -0.456 e. The molecular formula is C50H26N4OS. The molecule has 1 aliphatic rings. The normalized spacial score (nSPS) is 12.6. The molecule has 0 fully saturated rings. The fourth-order valence-electron chi connectivity index (χ4n) is 9.83. The number of furan rings is 1. The lowest BCUT2D eigenvalue weighted by Crippen LogP contribution is -2.03. The fourth-order valence-corrected chi connectivity index (χ4v) is 10.9. The van der Waals surface area contributed by atoms with E-state index in [0.29, 0.717) is 5.95 Å². The second-order valence-corrected chi connectivity index (χ2v) is 15.9. The average molecular weight is 731 g/mol. The molecule has 0 bridgehead atoms. The van der Waals surface area contributed by atoms with Crippen molar-refractivity contribution in [1.29, 1.82) is 0 Å². The molecule has 56 heavy (non-hydrogen) atoms. The molecule has 14 rings (SSSR count). The third kappa shape index (κ3) is 3.56. The summed E-state index contributed by atoms with van der Waals surface area (Å²) >= 11 is 1.73. The first kappa shape index (κ1) is 29.1. The number of hydrogen-bond acceptors (Lipinski definition) is 4. The van der Waals surface area contributed by atoms with E-state index in [4.69, 9.17) is 14.4 Å². The van der Waals surface area contributed by atoms with Gasteiger partial charge in [-0.2, -0.15) is 0 Å². The Kier molecular flexibility index (Phi) is 5.34. The number of nitrogens with zero attached hydrogens (tertiary/aromatic N) is 4. The Morgan fingerprint density at radius 1 is 0.446 bits per heavy atom. The van der Waals surface area contributed by atoms with E-state index in [1.165, 1.54) is 64.4 Å². The van der Waals surface area contributed by atoms with Crippen molar-refractivity contribution >= 4 is 108 Å². The van der Waals surface area contributed by atoms with Gasteiger partial charge in [0, 0.05) is 64.4 Å². The van der Waals surface area contributed by atoms with Crippen molar-refractivity contribution in [2.75, 3.05) is 0 Å². The predicted molar refractivity (Wildman–Crippen MR) is 233 cm³/mol. The largest absolute Gasteiger partial charge is 0.456 e. The van der Waals surface area contributed by atoms with E-state index in [0.717, 1.165) is 60.3 Å². The van der Waals surface area contributed by atoms with Crippen molar-refractivity contribution in [1.82, 2.24) is 19.1 Å². The van der Waals surface area contributed by atoms with Gasteiger partial charge in [0.15, 0.2) is 0 Å². The van der Waals surface area contributed by atoms with E-state index in [-0.39, 0.29) is 0 Å². The molecule has 0 saturated heterocycles. The molecule has 0 radical (unpaired) electrons. The van der Waals surface area contributed by atoms with Crippen LogP contribution in [-0.4, -0.2) is 19.1 Å². The summed E-state index contributed by atoms with van der Waals surface area (Å²) in [5.41, 5.74) is 11.8. The number of fused-ring (bicyclic) bond motifs is 7. The zero-order chi connectivity index (χ0) is 36.2. The molecule has 0 saturated carbocycles. The molecule has 13 aromatic rings. The summed E-state index contributed by atoms with van der Waals surface area (Å²) in [6.07, 6.45) is 0. The Morgan fingerprint density at radius 3 is 2.07 bits per heavy atom. The molecule has 0 atom stereocenters. The van der Waals surface area contributed by atoms with Crippen LogP contribution in [0.2, 0.25) is 0 Å². The van der Waals surface area contributed by atoms with Crippen LogP contribution in [0.1, 0.15) is 0 Å². The smallest absolute Gasteiger partial charge is 0.236 e. The summed E-state index contributed by atoms with van der Waals surface area (Å²) < 4.78 is 12.4. The maximum absolute atomic E-state index is 6.58. The molecule has 8 aromatic carbocycles. The van der Waals surface area contributed by atoms with E-state index in [1.54, 1.807) is 11.3 Å². The van der Waals surface area contributed by atoms with Crippen molar-refractivity contribution < 1.29 is 4.42 Å². The molecule has 0 spiro atoms. The van der Waals surface area contributed by atoms with E-state index in [2.05, 4.69) is 167 Å². The van der Waals surface area contributed by atoms with Crippen LogP contribution < -0.4 is 0 Å². The van der Waals surface area contributed by atoms with Crippen molar-refractivity contribution in [2.45, 2.75) is 0 Å². The van der Waals surface area contributed by atoms with Gasteiger partial charge in [0.2, 0.25) is 5.95 Å². The van der Waals surface area contributed by atoms with Gasteiger partial charge in [0.25, 0.3) is 0 Å². The Bertz CT molecular complexity index is 3880. The summed E-state index contributed by atoms with van der Waals surface area (Å²) in [6, 6.07) is 56.7. The molecule has 6 heteroatoms. The van der Waals surface area contributed by atoms with Gasteiger partial charge in [-0.1, -0.05) is 103 Å². The Balaban J connectivity index is 1.12. The predicted octanol–water partition coefficient (Wildman–Crippen LogP) is 13.7. The summed E-state index contributed by atoms with van der Waals surface area (Å²) in [4.78, 5) is 12.1. The highest BCUT2D eigenvalue weighted by molar-refractivity contribution is 7.25. The van der Waals surface area contributed by atoms with Gasteiger partial charge < -0.3 is 8.98 Å². The monoisotopic (exact) mass is 730 g/mol. The number of aromatic nitrogens is 4. The first-order valence-electron chi connectivity index (χ1n) is 18.9. The van der Waals surface area contributed by atoms with Gasteiger partial charge in [-0.25, -0.2) is 9.97 Å². The Hall–Kier alpha value is -7.28. The topological polar surface area (TPSA) is 48.8 Å². The molecular weight excluding hydrogens is 705 g/mol. The zero-order valence-corrected chi connectivity index (χ0v) is 30.4. The molecule has 5 aromatic heterocycles. The third-order valence-corrected chi connectivity index (χ3v) is 13.1. The maximum atomic E-state index is 6.58. The molecule has 0 unspecified atom stereocenters. The van der Waals surface area contributed by atoms with E-state index < -0.39 is 0 Å². The number of thiophene rings is 1. The quantitative estimate of drug-likeness (QED) is 0.182. The number of para-hydroxylation sites is 2. The lowest BCUT2D eigenvalue weighted by Gasteiger charge is -2.12. The molecule has 5 nitrogen and oxygen atoms in total. The van der Waals surface area contributed by atoms with E-state index >= 15 is 0 Å². The second-order valence-electron chi connectivity index (χ2n) is 14.9. The fraction of sp³-hybridized carbons (Fsp3) is 0. The summed E-state index contributed by atoms with van der Waals surface area (Å²) in [7, 11) is 0. The van der Waals surface area contributed by atoms with Crippen LogP contribution in [0, 0.1) is 0 Å². The first-order chi connectivity index (χ1) is 27.8. The lowest BCUT2D eigenvalue weighted by atomic mass is 9.95. The van der Waals surface area contributed by atoms with Gasteiger partial charge in [-0.05, 0) is 71.1 Å². The van der Waals surface area contributed by atoms with Crippen LogP contribution in [0.4, 0.5) is 0 Å². The highest BCUT2D eigenvalue weighted by atomic mass is 32.1. The lowest BCUT2D eigenvalue weighted by molar-refractivity contribution is 0.669. The third-order valence-electron chi connectivity index (χ3n) is 12.1. The van der Waals surface area contributed by atoms with Crippen LogP contribution in [-0.2, 0) is 0 Å². The van der Waals surface area contributed by atoms with Crippen LogP contribution in [0.25, 0.3) is 131 Å². The highest BCUT2D eigenvalue weighted by Crippen LogP contribution is 2.51. The minimum atomic E-state index is 0.658. The first-order valence-corrected chi connectivity index (χ1v) is 19.7. The zero-order valence-electron chi connectivity index (χ0n) is 29.6.